The molecule has 0 radical (unpaired) electrons. The normalized spacial score (nSPS) is 25.6. The fourth-order valence-electron chi connectivity index (χ4n) is 2.01. The van der Waals surface area contributed by atoms with Gasteiger partial charge in [0.05, 0.1) is 11.9 Å². The first-order valence-corrected chi connectivity index (χ1v) is 7.55. The minimum Gasteiger partial charge on any atom is -0.393 e. The fourth-order valence-corrected chi connectivity index (χ4v) is 3.17. The van der Waals surface area contributed by atoms with E-state index in [-0.39, 0.29) is 18.6 Å². The molecule has 0 aromatic heterocycles. The molecule has 2 atom stereocenters. The number of hydrogen-bond donors (Lipinski definition) is 2. The molecule has 1 aliphatic rings. The van der Waals surface area contributed by atoms with Gasteiger partial charge in [-0.25, -0.2) is 13.1 Å². The third-order valence-electron chi connectivity index (χ3n) is 2.98. The topological polar surface area (TPSA) is 66.4 Å². The number of rotatable bonds is 6. The molecule has 0 spiro atoms. The highest BCUT2D eigenvalue weighted by Crippen LogP contribution is 2.25. The van der Waals surface area contributed by atoms with Crippen LogP contribution in [0.2, 0.25) is 0 Å². The Balaban J connectivity index is 2.23. The number of nitrogens with one attached hydrogen (secondary N) is 1. The maximum absolute atomic E-state index is 11.9. The van der Waals surface area contributed by atoms with Crippen LogP contribution in [0, 0.1) is 5.92 Å². The van der Waals surface area contributed by atoms with Gasteiger partial charge in [-0.3, -0.25) is 0 Å². The standard InChI is InChI=1S/C10H18F3NO3S/c11-10(12,13)4-1-5-18(16,17)14-7-8-2-3-9(15)6-8/h8-9,14-15H,1-7H2. The van der Waals surface area contributed by atoms with Crippen LogP contribution in [0.15, 0.2) is 0 Å². The van der Waals surface area contributed by atoms with Crippen LogP contribution in [-0.4, -0.2) is 38.1 Å². The fraction of sp³-hybridized carbons (Fsp3) is 1.00. The molecule has 108 valence electrons. The SMILES string of the molecule is O=S(=O)(CCCC(F)(F)F)NCC1CCC(O)C1. The van der Waals surface area contributed by atoms with Gasteiger partial charge in [0.15, 0.2) is 0 Å². The van der Waals surface area contributed by atoms with Crippen molar-refractivity contribution < 1.29 is 26.7 Å². The highest BCUT2D eigenvalue weighted by molar-refractivity contribution is 7.89. The van der Waals surface area contributed by atoms with E-state index in [1.165, 1.54) is 0 Å². The third kappa shape index (κ3) is 6.55. The summed E-state index contributed by atoms with van der Waals surface area (Å²) >= 11 is 0. The summed E-state index contributed by atoms with van der Waals surface area (Å²) < 4.78 is 60.7. The maximum atomic E-state index is 11.9. The molecule has 1 fully saturated rings. The zero-order valence-corrected chi connectivity index (χ0v) is 10.7. The molecule has 0 aromatic carbocycles. The van der Waals surface area contributed by atoms with Crippen LogP contribution in [0.5, 0.6) is 0 Å². The lowest BCUT2D eigenvalue weighted by molar-refractivity contribution is -0.134. The van der Waals surface area contributed by atoms with Crippen molar-refractivity contribution >= 4 is 10.0 Å². The minimum atomic E-state index is -4.31. The minimum absolute atomic E-state index is 0.0809. The molecule has 2 N–H and O–H groups in total. The molecule has 8 heteroatoms. The van der Waals surface area contributed by atoms with E-state index in [1.54, 1.807) is 0 Å². The van der Waals surface area contributed by atoms with E-state index in [0.717, 1.165) is 6.42 Å². The van der Waals surface area contributed by atoms with Crippen LogP contribution in [0.4, 0.5) is 13.2 Å². The van der Waals surface area contributed by atoms with E-state index in [9.17, 15) is 26.7 Å². The van der Waals surface area contributed by atoms with Crippen molar-refractivity contribution in [3.63, 3.8) is 0 Å². The van der Waals surface area contributed by atoms with Gasteiger partial charge in [0.1, 0.15) is 0 Å². The molecule has 4 nitrogen and oxygen atoms in total. The van der Waals surface area contributed by atoms with Gasteiger partial charge >= 0.3 is 6.18 Å². The van der Waals surface area contributed by atoms with E-state index >= 15 is 0 Å². The number of halogens is 3. The summed E-state index contributed by atoms with van der Waals surface area (Å²) in [5, 5.41) is 9.26. The lowest BCUT2D eigenvalue weighted by Gasteiger charge is -2.12. The first-order valence-electron chi connectivity index (χ1n) is 5.90. The van der Waals surface area contributed by atoms with Gasteiger partial charge in [-0.2, -0.15) is 13.2 Å². The average molecular weight is 289 g/mol. The zero-order valence-electron chi connectivity index (χ0n) is 9.91. The maximum Gasteiger partial charge on any atom is 0.389 e. The Morgan fingerprint density at radius 2 is 1.94 bits per heavy atom. The van der Waals surface area contributed by atoms with Crippen LogP contribution in [0.25, 0.3) is 0 Å². The highest BCUT2D eigenvalue weighted by Gasteiger charge is 2.28. The molecule has 0 heterocycles. The number of aliphatic hydroxyl groups is 1. The van der Waals surface area contributed by atoms with E-state index in [0.29, 0.717) is 12.8 Å². The highest BCUT2D eigenvalue weighted by atomic mass is 32.2. The van der Waals surface area contributed by atoms with Crippen molar-refractivity contribution in [2.45, 2.75) is 44.4 Å². The molecule has 0 amide bonds. The van der Waals surface area contributed by atoms with Crippen molar-refractivity contribution in [2.75, 3.05) is 12.3 Å². The van der Waals surface area contributed by atoms with Crippen LogP contribution in [-0.2, 0) is 10.0 Å². The summed E-state index contributed by atoms with van der Waals surface area (Å²) in [4.78, 5) is 0. The Kier molecular flexibility index (Phi) is 5.42. The van der Waals surface area contributed by atoms with E-state index in [1.807, 2.05) is 0 Å². The summed E-state index contributed by atoms with van der Waals surface area (Å²) in [6.45, 7) is 0.200. The molecular formula is C10H18F3NO3S. The molecule has 1 saturated carbocycles. The van der Waals surface area contributed by atoms with Crippen LogP contribution in [0.3, 0.4) is 0 Å². The molecule has 0 aliphatic heterocycles. The number of hydrogen-bond acceptors (Lipinski definition) is 3. The number of sulfonamides is 1. The predicted octanol–water partition coefficient (Wildman–Crippen LogP) is 1.41. The monoisotopic (exact) mass is 289 g/mol. The molecule has 0 bridgehead atoms. The summed E-state index contributed by atoms with van der Waals surface area (Å²) in [5.41, 5.74) is 0. The second-order valence-corrected chi connectivity index (χ2v) is 6.65. The Bertz CT molecular complexity index is 356. The number of alkyl halides is 3. The third-order valence-corrected chi connectivity index (χ3v) is 4.41. The van der Waals surface area contributed by atoms with Crippen LogP contribution >= 0.6 is 0 Å². The van der Waals surface area contributed by atoms with Gasteiger partial charge < -0.3 is 5.11 Å². The molecule has 1 rings (SSSR count). The van der Waals surface area contributed by atoms with Gasteiger partial charge in [-0.1, -0.05) is 0 Å². The number of aliphatic hydroxyl groups excluding tert-OH is 1. The predicted molar refractivity (Wildman–Crippen MR) is 60.4 cm³/mol. The summed E-state index contributed by atoms with van der Waals surface area (Å²) in [6, 6.07) is 0. The second-order valence-electron chi connectivity index (χ2n) is 4.72. The Hall–Kier alpha value is -0.340. The van der Waals surface area contributed by atoms with E-state index in [2.05, 4.69) is 4.72 Å². The van der Waals surface area contributed by atoms with Gasteiger partial charge in [-0.15, -0.1) is 0 Å². The molecule has 0 aromatic rings. The van der Waals surface area contributed by atoms with E-state index < -0.39 is 34.8 Å². The van der Waals surface area contributed by atoms with E-state index in [4.69, 9.17) is 0 Å². The molecule has 0 saturated heterocycles. The van der Waals surface area contributed by atoms with Crippen molar-refractivity contribution in [1.29, 1.82) is 0 Å². The van der Waals surface area contributed by atoms with Crippen molar-refractivity contribution in [3.05, 3.63) is 0 Å². The largest absolute Gasteiger partial charge is 0.393 e. The van der Waals surface area contributed by atoms with Crippen LogP contribution < -0.4 is 4.72 Å². The Labute approximate surface area is 105 Å². The van der Waals surface area contributed by atoms with Gasteiger partial charge in [0, 0.05) is 13.0 Å². The van der Waals surface area contributed by atoms with Crippen molar-refractivity contribution in [2.24, 2.45) is 5.92 Å². The second kappa shape index (κ2) is 6.21. The lowest BCUT2D eigenvalue weighted by Crippen LogP contribution is -2.31. The first-order chi connectivity index (χ1) is 8.18. The smallest absolute Gasteiger partial charge is 0.389 e. The molecular weight excluding hydrogens is 271 g/mol. The Morgan fingerprint density at radius 3 is 2.44 bits per heavy atom. The molecule has 2 unspecified atom stereocenters. The summed E-state index contributed by atoms with van der Waals surface area (Å²) in [7, 11) is -3.64. The first kappa shape index (κ1) is 15.7. The average Bonchev–Trinajstić information content (AvgIpc) is 2.59. The molecule has 18 heavy (non-hydrogen) atoms. The van der Waals surface area contributed by atoms with Gasteiger partial charge in [-0.05, 0) is 31.6 Å². The quantitative estimate of drug-likeness (QED) is 0.777. The summed E-state index contributed by atoms with van der Waals surface area (Å²) in [6.07, 6.45) is -4.27. The van der Waals surface area contributed by atoms with Crippen molar-refractivity contribution in [1.82, 2.24) is 4.72 Å². The molecule has 1 aliphatic carbocycles. The van der Waals surface area contributed by atoms with Crippen molar-refractivity contribution in [3.8, 4) is 0 Å². The lowest BCUT2D eigenvalue weighted by atomic mass is 10.1. The van der Waals surface area contributed by atoms with Gasteiger partial charge in [0.2, 0.25) is 10.0 Å². The van der Waals surface area contributed by atoms with Crippen LogP contribution in [0.1, 0.15) is 32.1 Å². The Morgan fingerprint density at radius 1 is 1.28 bits per heavy atom. The van der Waals surface area contributed by atoms with Gasteiger partial charge in [0.25, 0.3) is 0 Å². The zero-order chi connectivity index (χ0) is 13.8. The summed E-state index contributed by atoms with van der Waals surface area (Å²) in [5.74, 6) is -0.431.